The summed E-state index contributed by atoms with van der Waals surface area (Å²) < 4.78 is 0. The van der Waals surface area contributed by atoms with Gasteiger partial charge in [0.2, 0.25) is 0 Å². The molecule has 0 radical (unpaired) electrons. The number of aromatic nitrogens is 3. The Labute approximate surface area is 58.4 Å². The Morgan fingerprint density at radius 2 is 2.00 bits per heavy atom. The Balaban J connectivity index is 2.65. The summed E-state index contributed by atoms with van der Waals surface area (Å²) in [6.07, 6.45) is 5.41. The minimum Gasteiger partial charge on any atom is -0.172 e. The fraction of sp³-hybridized carbons (Fsp3) is 0.600. The zero-order valence-electron chi connectivity index (χ0n) is 5.48. The Bertz CT molecular complexity index is 161. The van der Waals surface area contributed by atoms with Gasteiger partial charge in [-0.25, -0.2) is 0 Å². The van der Waals surface area contributed by atoms with E-state index in [0.29, 0.717) is 5.37 Å². The predicted octanol–water partition coefficient (Wildman–Crippen LogP) is 1.16. The molecule has 0 spiro atoms. The van der Waals surface area contributed by atoms with Crippen molar-refractivity contribution >= 4 is 11.8 Å². The van der Waals surface area contributed by atoms with Gasteiger partial charge in [-0.15, -0.1) is 11.8 Å². The van der Waals surface area contributed by atoms with E-state index in [1.165, 1.54) is 0 Å². The van der Waals surface area contributed by atoms with Crippen LogP contribution in [0.2, 0.25) is 0 Å². The summed E-state index contributed by atoms with van der Waals surface area (Å²) in [7, 11) is 0. The molecule has 1 heterocycles. The van der Waals surface area contributed by atoms with E-state index < -0.39 is 0 Å². The summed E-state index contributed by atoms with van der Waals surface area (Å²) in [5.41, 5.74) is 0. The standard InChI is InChI=1S/C5H9N3S/c1-5(9-2)8-6-3-4-7-8/h3-5H,1-2H3. The summed E-state index contributed by atoms with van der Waals surface area (Å²) in [6, 6.07) is 0. The van der Waals surface area contributed by atoms with Gasteiger partial charge in [0.1, 0.15) is 5.37 Å². The van der Waals surface area contributed by atoms with Gasteiger partial charge < -0.3 is 0 Å². The van der Waals surface area contributed by atoms with Crippen LogP contribution in [0.25, 0.3) is 0 Å². The number of nitrogens with zero attached hydrogens (tertiary/aromatic N) is 3. The van der Waals surface area contributed by atoms with Crippen LogP contribution in [0.3, 0.4) is 0 Å². The van der Waals surface area contributed by atoms with Gasteiger partial charge in [-0.2, -0.15) is 15.0 Å². The number of hydrogen-bond donors (Lipinski definition) is 0. The number of rotatable bonds is 2. The van der Waals surface area contributed by atoms with Crippen molar-refractivity contribution < 1.29 is 0 Å². The van der Waals surface area contributed by atoms with Crippen LogP contribution in [0, 0.1) is 0 Å². The molecule has 0 saturated carbocycles. The predicted molar refractivity (Wildman–Crippen MR) is 38.2 cm³/mol. The molecular weight excluding hydrogens is 134 g/mol. The molecule has 0 aliphatic rings. The largest absolute Gasteiger partial charge is 0.172 e. The Hall–Kier alpha value is -0.510. The monoisotopic (exact) mass is 143 g/mol. The topological polar surface area (TPSA) is 30.7 Å². The smallest absolute Gasteiger partial charge is 0.114 e. The molecular formula is C5H9N3S. The first-order chi connectivity index (χ1) is 4.34. The highest BCUT2D eigenvalue weighted by Crippen LogP contribution is 2.14. The van der Waals surface area contributed by atoms with E-state index in [2.05, 4.69) is 17.1 Å². The van der Waals surface area contributed by atoms with Crippen LogP contribution in [0.5, 0.6) is 0 Å². The van der Waals surface area contributed by atoms with Gasteiger partial charge in [0.15, 0.2) is 0 Å². The van der Waals surface area contributed by atoms with Crippen LogP contribution in [-0.2, 0) is 0 Å². The molecule has 1 aromatic rings. The molecule has 0 aromatic carbocycles. The molecule has 0 N–H and O–H groups in total. The average molecular weight is 143 g/mol. The van der Waals surface area contributed by atoms with Gasteiger partial charge in [0.05, 0.1) is 12.4 Å². The van der Waals surface area contributed by atoms with Crippen LogP contribution < -0.4 is 0 Å². The van der Waals surface area contributed by atoms with Gasteiger partial charge in [-0.1, -0.05) is 0 Å². The Kier molecular flexibility index (Phi) is 2.10. The van der Waals surface area contributed by atoms with E-state index in [4.69, 9.17) is 0 Å². The first kappa shape index (κ1) is 6.61. The second kappa shape index (κ2) is 2.87. The minimum absolute atomic E-state index is 0.347. The van der Waals surface area contributed by atoms with Gasteiger partial charge in [-0.3, -0.25) is 0 Å². The fourth-order valence-electron chi connectivity index (χ4n) is 0.508. The molecule has 0 bridgehead atoms. The molecule has 50 valence electrons. The maximum absolute atomic E-state index is 3.97. The van der Waals surface area contributed by atoms with E-state index in [0.717, 1.165) is 0 Å². The average Bonchev–Trinajstić information content (AvgIpc) is 2.37. The van der Waals surface area contributed by atoms with E-state index in [1.807, 2.05) is 6.26 Å². The molecule has 0 aliphatic heterocycles. The van der Waals surface area contributed by atoms with E-state index in [9.17, 15) is 0 Å². The molecule has 4 heteroatoms. The van der Waals surface area contributed by atoms with E-state index in [1.54, 1.807) is 29.0 Å². The minimum atomic E-state index is 0.347. The Morgan fingerprint density at radius 1 is 1.44 bits per heavy atom. The molecule has 1 unspecified atom stereocenters. The fourth-order valence-corrected chi connectivity index (χ4v) is 0.806. The molecule has 9 heavy (non-hydrogen) atoms. The summed E-state index contributed by atoms with van der Waals surface area (Å²) in [5.74, 6) is 0. The first-order valence-electron chi connectivity index (χ1n) is 2.73. The molecule has 1 atom stereocenters. The highest BCUT2D eigenvalue weighted by Gasteiger charge is 1.99. The molecule has 1 aromatic heterocycles. The van der Waals surface area contributed by atoms with Crippen LogP contribution in [-0.4, -0.2) is 21.2 Å². The third kappa shape index (κ3) is 1.45. The lowest BCUT2D eigenvalue weighted by Crippen LogP contribution is -2.03. The van der Waals surface area contributed by atoms with Crippen molar-refractivity contribution in [1.29, 1.82) is 0 Å². The normalized spacial score (nSPS) is 13.6. The van der Waals surface area contributed by atoms with Crippen molar-refractivity contribution in [2.45, 2.75) is 12.3 Å². The summed E-state index contributed by atoms with van der Waals surface area (Å²) in [5, 5.41) is 8.29. The number of hydrogen-bond acceptors (Lipinski definition) is 3. The lowest BCUT2D eigenvalue weighted by atomic mass is 10.8. The van der Waals surface area contributed by atoms with Crippen molar-refractivity contribution in [1.82, 2.24) is 15.0 Å². The summed E-state index contributed by atoms with van der Waals surface area (Å²) in [4.78, 5) is 1.69. The molecule has 0 fully saturated rings. The first-order valence-corrected chi connectivity index (χ1v) is 4.02. The maximum atomic E-state index is 3.97. The van der Waals surface area contributed by atoms with Crippen molar-refractivity contribution in [2.24, 2.45) is 0 Å². The van der Waals surface area contributed by atoms with E-state index in [-0.39, 0.29) is 0 Å². The van der Waals surface area contributed by atoms with Gasteiger partial charge in [0.25, 0.3) is 0 Å². The van der Waals surface area contributed by atoms with E-state index >= 15 is 0 Å². The second-order valence-corrected chi connectivity index (χ2v) is 2.84. The SMILES string of the molecule is CSC(C)n1nccn1. The van der Waals surface area contributed by atoms with Crippen LogP contribution in [0.1, 0.15) is 12.3 Å². The Morgan fingerprint density at radius 3 is 2.44 bits per heavy atom. The highest BCUT2D eigenvalue weighted by molar-refractivity contribution is 7.98. The van der Waals surface area contributed by atoms with Crippen molar-refractivity contribution in [3.63, 3.8) is 0 Å². The molecule has 1 rings (SSSR count). The third-order valence-electron chi connectivity index (χ3n) is 1.10. The van der Waals surface area contributed by atoms with Crippen LogP contribution in [0.4, 0.5) is 0 Å². The second-order valence-electron chi connectivity index (χ2n) is 1.68. The lowest BCUT2D eigenvalue weighted by Gasteiger charge is -2.04. The summed E-state index contributed by atoms with van der Waals surface area (Å²) in [6.45, 7) is 2.06. The lowest BCUT2D eigenvalue weighted by molar-refractivity contribution is 0.556. The zero-order valence-corrected chi connectivity index (χ0v) is 6.30. The highest BCUT2D eigenvalue weighted by atomic mass is 32.2. The molecule has 0 aliphatic carbocycles. The zero-order chi connectivity index (χ0) is 6.69. The van der Waals surface area contributed by atoms with Crippen molar-refractivity contribution in [3.05, 3.63) is 12.4 Å². The summed E-state index contributed by atoms with van der Waals surface area (Å²) >= 11 is 1.72. The molecule has 0 saturated heterocycles. The molecule has 3 nitrogen and oxygen atoms in total. The van der Waals surface area contributed by atoms with Gasteiger partial charge in [0, 0.05) is 0 Å². The maximum Gasteiger partial charge on any atom is 0.114 e. The van der Waals surface area contributed by atoms with Crippen molar-refractivity contribution in [2.75, 3.05) is 6.26 Å². The van der Waals surface area contributed by atoms with Gasteiger partial charge in [-0.05, 0) is 13.2 Å². The van der Waals surface area contributed by atoms with Crippen LogP contribution in [0.15, 0.2) is 12.4 Å². The third-order valence-corrected chi connectivity index (χ3v) is 1.97. The van der Waals surface area contributed by atoms with Crippen molar-refractivity contribution in [3.8, 4) is 0 Å². The molecule has 0 amide bonds. The van der Waals surface area contributed by atoms with Crippen LogP contribution >= 0.6 is 11.8 Å². The quantitative estimate of drug-likeness (QED) is 0.622. The van der Waals surface area contributed by atoms with Gasteiger partial charge >= 0.3 is 0 Å². The number of thioether (sulfide) groups is 1.